The number of pyridine rings is 2. The van der Waals surface area contributed by atoms with Gasteiger partial charge < -0.3 is 5.32 Å². The summed E-state index contributed by atoms with van der Waals surface area (Å²) in [5, 5.41) is 11.3. The SMILES string of the molecule is CCCCCC(F)/C=C/CNC1(c2ccc(-c3nc4ccn5c(=O)[nH]nc5c4cc3-c3ccccc3)cc2)CCC1.Cl. The normalized spacial score (nSPS) is 15.1. The zero-order chi connectivity index (χ0) is 28.2. The molecule has 5 aromatic rings. The molecule has 3 aromatic heterocycles. The highest BCUT2D eigenvalue weighted by atomic mass is 35.5. The van der Waals surface area contributed by atoms with Crippen LogP contribution in [0.2, 0.25) is 0 Å². The minimum Gasteiger partial charge on any atom is -0.304 e. The van der Waals surface area contributed by atoms with Crippen LogP contribution in [-0.4, -0.2) is 32.3 Å². The quantitative estimate of drug-likeness (QED) is 0.123. The molecule has 1 aliphatic carbocycles. The van der Waals surface area contributed by atoms with Crippen LogP contribution in [-0.2, 0) is 5.54 Å². The number of nitrogens with zero attached hydrogens (tertiary/aromatic N) is 3. The Labute approximate surface area is 251 Å². The Morgan fingerprint density at radius 1 is 1.07 bits per heavy atom. The molecule has 218 valence electrons. The summed E-state index contributed by atoms with van der Waals surface area (Å²) in [6.45, 7) is 2.80. The Morgan fingerprint density at radius 2 is 1.86 bits per heavy atom. The van der Waals surface area contributed by atoms with Crippen molar-refractivity contribution < 1.29 is 4.39 Å². The average molecular weight is 586 g/mol. The zero-order valence-electron chi connectivity index (χ0n) is 23.9. The molecule has 0 amide bonds. The van der Waals surface area contributed by atoms with Crippen LogP contribution >= 0.6 is 12.4 Å². The summed E-state index contributed by atoms with van der Waals surface area (Å²) >= 11 is 0. The van der Waals surface area contributed by atoms with E-state index in [0.717, 1.165) is 65.4 Å². The van der Waals surface area contributed by atoms with Gasteiger partial charge in [-0.05, 0) is 48.9 Å². The van der Waals surface area contributed by atoms with E-state index >= 15 is 0 Å². The largest absolute Gasteiger partial charge is 0.347 e. The van der Waals surface area contributed by atoms with Crippen molar-refractivity contribution in [1.82, 2.24) is 24.9 Å². The van der Waals surface area contributed by atoms with Crippen LogP contribution in [0.15, 0.2) is 89.9 Å². The fourth-order valence-electron chi connectivity index (χ4n) is 5.87. The summed E-state index contributed by atoms with van der Waals surface area (Å²) in [6.07, 6.45) is 11.6. The summed E-state index contributed by atoms with van der Waals surface area (Å²) < 4.78 is 15.7. The lowest BCUT2D eigenvalue weighted by atomic mass is 9.71. The van der Waals surface area contributed by atoms with Gasteiger partial charge in [0.25, 0.3) is 0 Å². The first kappa shape index (κ1) is 29.7. The molecule has 2 aromatic carbocycles. The number of hydrogen-bond acceptors (Lipinski definition) is 4. The van der Waals surface area contributed by atoms with Gasteiger partial charge in [-0.15, -0.1) is 12.4 Å². The predicted molar refractivity (Wildman–Crippen MR) is 171 cm³/mol. The fourth-order valence-corrected chi connectivity index (χ4v) is 5.87. The first-order valence-electron chi connectivity index (χ1n) is 14.7. The van der Waals surface area contributed by atoms with E-state index in [2.05, 4.69) is 64.9 Å². The predicted octanol–water partition coefficient (Wildman–Crippen LogP) is 7.77. The number of halogens is 2. The van der Waals surface area contributed by atoms with E-state index in [4.69, 9.17) is 4.98 Å². The molecule has 6 nitrogen and oxygen atoms in total. The Morgan fingerprint density at radius 3 is 2.57 bits per heavy atom. The molecule has 6 rings (SSSR count). The number of H-pyrrole nitrogens is 1. The molecule has 42 heavy (non-hydrogen) atoms. The minimum atomic E-state index is -0.863. The maximum Gasteiger partial charge on any atom is 0.347 e. The summed E-state index contributed by atoms with van der Waals surface area (Å²) in [4.78, 5) is 17.2. The Hall–Kier alpha value is -3.81. The molecule has 1 aliphatic rings. The Kier molecular flexibility index (Phi) is 9.19. The van der Waals surface area contributed by atoms with Crippen LogP contribution in [0.5, 0.6) is 0 Å². The molecule has 1 fully saturated rings. The minimum absolute atomic E-state index is 0. The number of allylic oxidation sites excluding steroid dienone is 1. The van der Waals surface area contributed by atoms with E-state index in [1.165, 1.54) is 16.4 Å². The summed E-state index contributed by atoms with van der Waals surface area (Å²) in [7, 11) is 0. The third kappa shape index (κ3) is 5.90. The van der Waals surface area contributed by atoms with Gasteiger partial charge in [0, 0.05) is 34.8 Å². The van der Waals surface area contributed by atoms with Gasteiger partial charge in [0.2, 0.25) is 0 Å². The van der Waals surface area contributed by atoms with Gasteiger partial charge in [0.1, 0.15) is 6.17 Å². The standard InChI is InChI=1S/C34H36FN5O.ClH/c1-2-3-5-12-27(35)13-8-21-36-34(19-9-20-34)26-16-14-25(15-17-26)31-28(24-10-6-4-7-11-24)23-29-30(37-31)18-22-40-32(29)38-39-33(40)41;/h4,6-8,10-11,13-18,22-23,27,36H,2-3,5,9,12,19-21H2,1H3,(H,39,41);1H/b13-8+;. The van der Waals surface area contributed by atoms with Crippen molar-refractivity contribution in [3.63, 3.8) is 0 Å². The summed E-state index contributed by atoms with van der Waals surface area (Å²) in [6, 6.07) is 22.8. The first-order valence-corrected chi connectivity index (χ1v) is 14.7. The molecule has 1 unspecified atom stereocenters. The van der Waals surface area contributed by atoms with E-state index in [1.54, 1.807) is 12.3 Å². The summed E-state index contributed by atoms with van der Waals surface area (Å²) in [5.41, 5.74) is 6.18. The lowest BCUT2D eigenvalue weighted by molar-refractivity contribution is 0.193. The second-order valence-corrected chi connectivity index (χ2v) is 11.1. The number of aromatic nitrogens is 4. The monoisotopic (exact) mass is 585 g/mol. The van der Waals surface area contributed by atoms with E-state index < -0.39 is 6.17 Å². The van der Waals surface area contributed by atoms with Crippen molar-refractivity contribution in [3.8, 4) is 22.4 Å². The summed E-state index contributed by atoms with van der Waals surface area (Å²) in [5.74, 6) is 0. The molecule has 1 saturated carbocycles. The number of benzene rings is 2. The zero-order valence-corrected chi connectivity index (χ0v) is 24.7. The van der Waals surface area contributed by atoms with Crippen molar-refractivity contribution in [2.24, 2.45) is 0 Å². The van der Waals surface area contributed by atoms with Gasteiger partial charge in [0.15, 0.2) is 5.65 Å². The number of aromatic amines is 1. The number of alkyl halides is 1. The van der Waals surface area contributed by atoms with Crippen LogP contribution < -0.4 is 11.0 Å². The second kappa shape index (κ2) is 13.0. The van der Waals surface area contributed by atoms with Crippen molar-refractivity contribution >= 4 is 29.0 Å². The third-order valence-corrected chi connectivity index (χ3v) is 8.37. The Bertz CT molecular complexity index is 1720. The number of rotatable bonds is 11. The number of fused-ring (bicyclic) bond motifs is 3. The molecule has 8 heteroatoms. The van der Waals surface area contributed by atoms with Crippen molar-refractivity contribution in [2.45, 2.75) is 63.6 Å². The van der Waals surface area contributed by atoms with E-state index in [1.807, 2.05) is 30.3 Å². The van der Waals surface area contributed by atoms with Crippen LogP contribution in [0.25, 0.3) is 38.9 Å². The van der Waals surface area contributed by atoms with Crippen LogP contribution in [0, 0.1) is 0 Å². The topological polar surface area (TPSA) is 75.1 Å². The van der Waals surface area contributed by atoms with Crippen LogP contribution in [0.4, 0.5) is 4.39 Å². The maximum absolute atomic E-state index is 14.2. The van der Waals surface area contributed by atoms with Gasteiger partial charge >= 0.3 is 5.69 Å². The molecule has 0 bridgehead atoms. The molecule has 0 saturated heterocycles. The highest BCUT2D eigenvalue weighted by Crippen LogP contribution is 2.42. The Balaban J connectivity index is 0.00000353. The number of unbranched alkanes of at least 4 members (excludes halogenated alkanes) is 2. The highest BCUT2D eigenvalue weighted by Gasteiger charge is 2.37. The number of nitrogens with one attached hydrogen (secondary N) is 2. The molecule has 0 radical (unpaired) electrons. The molecule has 0 aliphatic heterocycles. The smallest absolute Gasteiger partial charge is 0.304 e. The number of hydrogen-bond donors (Lipinski definition) is 2. The third-order valence-electron chi connectivity index (χ3n) is 8.37. The molecular formula is C34H37ClFN5O. The molecule has 1 atom stereocenters. The maximum atomic E-state index is 14.2. The molecule has 2 N–H and O–H groups in total. The first-order chi connectivity index (χ1) is 20.1. The van der Waals surface area contributed by atoms with Gasteiger partial charge in [0.05, 0.1) is 11.2 Å². The van der Waals surface area contributed by atoms with Crippen molar-refractivity contribution in [1.29, 1.82) is 0 Å². The van der Waals surface area contributed by atoms with E-state index in [0.29, 0.717) is 18.6 Å². The lowest BCUT2D eigenvalue weighted by Gasteiger charge is -2.43. The van der Waals surface area contributed by atoms with Crippen molar-refractivity contribution in [2.75, 3.05) is 6.54 Å². The second-order valence-electron chi connectivity index (χ2n) is 11.1. The van der Waals surface area contributed by atoms with Gasteiger partial charge in [-0.25, -0.2) is 23.7 Å². The van der Waals surface area contributed by atoms with Crippen molar-refractivity contribution in [3.05, 3.63) is 101 Å². The fraction of sp³-hybridized carbons (Fsp3) is 0.324. The van der Waals surface area contributed by atoms with Crippen LogP contribution in [0.3, 0.4) is 0 Å². The molecule has 3 heterocycles. The average Bonchev–Trinajstić information content (AvgIpc) is 3.37. The highest BCUT2D eigenvalue weighted by molar-refractivity contribution is 5.98. The molecular weight excluding hydrogens is 549 g/mol. The van der Waals surface area contributed by atoms with E-state index in [9.17, 15) is 9.18 Å². The van der Waals surface area contributed by atoms with Gasteiger partial charge in [-0.3, -0.25) is 0 Å². The van der Waals surface area contributed by atoms with Gasteiger partial charge in [-0.2, -0.15) is 5.10 Å². The lowest BCUT2D eigenvalue weighted by Crippen LogP contribution is -2.48. The van der Waals surface area contributed by atoms with E-state index in [-0.39, 0.29) is 23.6 Å². The molecule has 0 spiro atoms. The van der Waals surface area contributed by atoms with Gasteiger partial charge in [-0.1, -0.05) is 92.9 Å². The van der Waals surface area contributed by atoms with Crippen LogP contribution in [0.1, 0.15) is 57.4 Å².